The molecule has 0 bridgehead atoms. The number of aryl methyl sites for hydroxylation is 1. The fraction of sp³-hybridized carbons (Fsp3) is 0.250. The maximum atomic E-state index is 11.1. The van der Waals surface area contributed by atoms with E-state index in [4.69, 9.17) is 0 Å². The van der Waals surface area contributed by atoms with E-state index in [0.717, 1.165) is 4.57 Å². The average molecular weight is 182 g/mol. The summed E-state index contributed by atoms with van der Waals surface area (Å²) in [5.74, 6) is -0.239. The molecule has 0 unspecified atom stereocenters. The van der Waals surface area contributed by atoms with E-state index in [1.807, 2.05) is 0 Å². The molecule has 0 aromatic carbocycles. The van der Waals surface area contributed by atoms with Crippen LogP contribution in [0.2, 0.25) is 0 Å². The smallest absolute Gasteiger partial charge is 0.253 e. The Morgan fingerprint density at radius 2 is 2.23 bits per heavy atom. The first-order valence-corrected chi connectivity index (χ1v) is 3.67. The number of nitrogens with one attached hydrogen (secondary N) is 1. The number of pyridine rings is 1. The summed E-state index contributed by atoms with van der Waals surface area (Å²) in [6.07, 6.45) is 0.451. The number of hydrogen-bond donors (Lipinski definition) is 2. The van der Waals surface area contributed by atoms with Gasteiger partial charge in [-0.15, -0.1) is 0 Å². The zero-order valence-corrected chi connectivity index (χ0v) is 7.37. The first-order chi connectivity index (χ1) is 6.07. The average Bonchev–Trinajstić information content (AvgIpc) is 2.09. The molecule has 1 aromatic heterocycles. The number of hydrogen-bond acceptors (Lipinski definition) is 3. The summed E-state index contributed by atoms with van der Waals surface area (Å²) in [5.41, 5.74) is 0.483. The Hall–Kier alpha value is -1.78. The second kappa shape index (κ2) is 3.30. The number of aromatic hydroxyl groups is 1. The lowest BCUT2D eigenvalue weighted by molar-refractivity contribution is -0.105. The first-order valence-electron chi connectivity index (χ1n) is 3.67. The Labute approximate surface area is 74.6 Å². The Kier molecular flexibility index (Phi) is 2.36. The van der Waals surface area contributed by atoms with E-state index in [0.29, 0.717) is 12.0 Å². The van der Waals surface area contributed by atoms with Gasteiger partial charge >= 0.3 is 0 Å². The maximum Gasteiger partial charge on any atom is 0.253 e. The van der Waals surface area contributed by atoms with Gasteiger partial charge in [-0.3, -0.25) is 14.2 Å². The highest BCUT2D eigenvalue weighted by molar-refractivity contribution is 5.76. The molecule has 1 rings (SSSR count). The number of aromatic nitrogens is 1. The van der Waals surface area contributed by atoms with Crippen LogP contribution >= 0.6 is 0 Å². The van der Waals surface area contributed by atoms with Gasteiger partial charge < -0.3 is 10.4 Å². The van der Waals surface area contributed by atoms with Crippen LogP contribution in [0.15, 0.2) is 10.9 Å². The van der Waals surface area contributed by atoms with Crippen molar-refractivity contribution in [2.24, 2.45) is 7.05 Å². The largest absolute Gasteiger partial charge is 0.493 e. The van der Waals surface area contributed by atoms with E-state index >= 15 is 0 Å². The van der Waals surface area contributed by atoms with Crippen LogP contribution in [0.3, 0.4) is 0 Å². The second-order valence-electron chi connectivity index (χ2n) is 2.69. The van der Waals surface area contributed by atoms with Gasteiger partial charge in [0, 0.05) is 13.1 Å². The number of carbonyl (C=O) groups is 1. The highest BCUT2D eigenvalue weighted by Crippen LogP contribution is 2.22. The van der Waals surface area contributed by atoms with Crippen LogP contribution in [-0.2, 0) is 11.8 Å². The van der Waals surface area contributed by atoms with Gasteiger partial charge in [-0.1, -0.05) is 0 Å². The summed E-state index contributed by atoms with van der Waals surface area (Å²) in [7, 11) is 1.42. The van der Waals surface area contributed by atoms with Crippen molar-refractivity contribution >= 4 is 12.1 Å². The molecule has 0 spiro atoms. The van der Waals surface area contributed by atoms with Gasteiger partial charge in [0.1, 0.15) is 5.69 Å². The summed E-state index contributed by atoms with van der Waals surface area (Å²) in [5, 5.41) is 11.8. The number of amides is 1. The predicted octanol–water partition coefficient (Wildman–Crippen LogP) is -0.0324. The fourth-order valence-electron chi connectivity index (χ4n) is 1.04. The van der Waals surface area contributed by atoms with Crippen molar-refractivity contribution in [1.82, 2.24) is 4.57 Å². The molecule has 0 aliphatic heterocycles. The Balaban J connectivity index is 3.43. The molecule has 5 nitrogen and oxygen atoms in total. The Bertz CT molecular complexity index is 395. The monoisotopic (exact) mass is 182 g/mol. The van der Waals surface area contributed by atoms with Gasteiger partial charge in [0.05, 0.1) is 0 Å². The molecule has 1 heterocycles. The maximum absolute atomic E-state index is 11.1. The van der Waals surface area contributed by atoms with E-state index in [2.05, 4.69) is 5.32 Å². The zero-order chi connectivity index (χ0) is 10.0. The molecule has 0 aliphatic rings. The topological polar surface area (TPSA) is 71.3 Å². The highest BCUT2D eigenvalue weighted by atomic mass is 16.3. The molecular formula is C8H10N2O3. The third-order valence-electron chi connectivity index (χ3n) is 1.81. The van der Waals surface area contributed by atoms with Gasteiger partial charge in [-0.25, -0.2) is 0 Å². The Morgan fingerprint density at radius 3 is 2.77 bits per heavy atom. The Morgan fingerprint density at radius 1 is 1.62 bits per heavy atom. The van der Waals surface area contributed by atoms with Crippen LogP contribution in [0.5, 0.6) is 5.88 Å². The molecule has 1 amide bonds. The third-order valence-corrected chi connectivity index (χ3v) is 1.81. The molecule has 5 heteroatoms. The number of rotatable bonds is 2. The standard InChI is InChI=1S/C8H10N2O3/c1-5-3-6(12)10(2)8(13)7(5)9-4-11/h3-4,13H,1-2H3,(H,9,11). The third kappa shape index (κ3) is 1.53. The molecule has 0 saturated heterocycles. The van der Waals surface area contributed by atoms with Crippen LogP contribution in [0.4, 0.5) is 5.69 Å². The SMILES string of the molecule is Cc1cc(=O)n(C)c(O)c1NC=O. The molecular weight excluding hydrogens is 172 g/mol. The summed E-state index contributed by atoms with van der Waals surface area (Å²) in [6, 6.07) is 1.34. The van der Waals surface area contributed by atoms with Crippen molar-refractivity contribution in [1.29, 1.82) is 0 Å². The van der Waals surface area contributed by atoms with E-state index in [9.17, 15) is 14.7 Å². The van der Waals surface area contributed by atoms with Crippen molar-refractivity contribution in [3.63, 3.8) is 0 Å². The summed E-state index contributed by atoms with van der Waals surface area (Å²) >= 11 is 0. The molecule has 2 N–H and O–H groups in total. The van der Waals surface area contributed by atoms with Crippen LogP contribution in [0, 0.1) is 6.92 Å². The summed E-state index contributed by atoms with van der Waals surface area (Å²) in [4.78, 5) is 21.3. The molecule has 0 saturated carbocycles. The lowest BCUT2D eigenvalue weighted by Gasteiger charge is -2.09. The molecule has 0 aliphatic carbocycles. The predicted molar refractivity (Wildman–Crippen MR) is 47.8 cm³/mol. The van der Waals surface area contributed by atoms with Crippen molar-refractivity contribution in [2.45, 2.75) is 6.92 Å². The highest BCUT2D eigenvalue weighted by Gasteiger charge is 2.08. The van der Waals surface area contributed by atoms with E-state index in [1.54, 1.807) is 6.92 Å². The normalized spacial score (nSPS) is 9.69. The quantitative estimate of drug-likeness (QED) is 0.631. The van der Waals surface area contributed by atoms with E-state index in [1.165, 1.54) is 13.1 Å². The fourth-order valence-corrected chi connectivity index (χ4v) is 1.04. The number of anilines is 1. The van der Waals surface area contributed by atoms with Crippen molar-refractivity contribution in [3.05, 3.63) is 22.0 Å². The zero-order valence-electron chi connectivity index (χ0n) is 7.37. The lowest BCUT2D eigenvalue weighted by Crippen LogP contribution is -2.17. The van der Waals surface area contributed by atoms with Crippen LogP contribution < -0.4 is 10.9 Å². The molecule has 0 atom stereocenters. The van der Waals surface area contributed by atoms with Gasteiger partial charge in [-0.05, 0) is 12.5 Å². The van der Waals surface area contributed by atoms with Gasteiger partial charge in [0.15, 0.2) is 0 Å². The molecule has 1 aromatic rings. The first kappa shape index (κ1) is 9.31. The second-order valence-corrected chi connectivity index (χ2v) is 2.69. The summed E-state index contributed by atoms with van der Waals surface area (Å²) in [6.45, 7) is 1.63. The lowest BCUT2D eigenvalue weighted by atomic mass is 10.2. The van der Waals surface area contributed by atoms with Crippen molar-refractivity contribution in [2.75, 3.05) is 5.32 Å². The van der Waals surface area contributed by atoms with Gasteiger partial charge in [-0.2, -0.15) is 0 Å². The molecule has 70 valence electrons. The number of carbonyl (C=O) groups excluding carboxylic acids is 1. The van der Waals surface area contributed by atoms with Crippen molar-refractivity contribution < 1.29 is 9.90 Å². The van der Waals surface area contributed by atoms with Crippen LogP contribution in [0.1, 0.15) is 5.56 Å². The number of nitrogens with zero attached hydrogens (tertiary/aromatic N) is 1. The summed E-state index contributed by atoms with van der Waals surface area (Å²) < 4.78 is 1.05. The van der Waals surface area contributed by atoms with Crippen LogP contribution in [0.25, 0.3) is 0 Å². The molecule has 0 radical (unpaired) electrons. The minimum atomic E-state index is -0.313. The molecule has 13 heavy (non-hydrogen) atoms. The van der Waals surface area contributed by atoms with E-state index < -0.39 is 0 Å². The van der Waals surface area contributed by atoms with Gasteiger partial charge in [0.2, 0.25) is 12.3 Å². The van der Waals surface area contributed by atoms with Gasteiger partial charge in [0.25, 0.3) is 5.56 Å². The minimum absolute atomic E-state index is 0.239. The van der Waals surface area contributed by atoms with E-state index in [-0.39, 0.29) is 17.1 Å². The van der Waals surface area contributed by atoms with Crippen LogP contribution in [-0.4, -0.2) is 16.1 Å². The minimum Gasteiger partial charge on any atom is -0.493 e. The molecule has 0 fully saturated rings. The van der Waals surface area contributed by atoms with Crippen molar-refractivity contribution in [3.8, 4) is 5.88 Å².